The Balaban J connectivity index is 1.53. The normalized spacial score (nSPS) is 18.4. The number of benzene rings is 2. The van der Waals surface area contributed by atoms with Gasteiger partial charge in [0.05, 0.1) is 10.9 Å². The largest absolute Gasteiger partial charge is 0.326 e. The van der Waals surface area contributed by atoms with Crippen molar-refractivity contribution in [2.75, 3.05) is 5.32 Å². The molecule has 0 bridgehead atoms. The molecule has 7 nitrogen and oxygen atoms in total. The summed E-state index contributed by atoms with van der Waals surface area (Å²) >= 11 is 31.0. The molecule has 4 rings (SSSR count). The number of hydrogen-bond acceptors (Lipinski definition) is 4. The summed E-state index contributed by atoms with van der Waals surface area (Å²) in [5, 5.41) is 3.60. The molecule has 1 heterocycles. The Morgan fingerprint density at radius 2 is 1.68 bits per heavy atom. The number of carbonyl (C=O) groups excluding carboxylic acids is 2. The van der Waals surface area contributed by atoms with E-state index in [1.807, 2.05) is 4.98 Å². The third-order valence-corrected chi connectivity index (χ3v) is 7.07. The fourth-order valence-electron chi connectivity index (χ4n) is 3.70. The van der Waals surface area contributed by atoms with Gasteiger partial charge in [0, 0.05) is 45.4 Å². The quantitative estimate of drug-likeness (QED) is 0.291. The van der Waals surface area contributed by atoms with E-state index in [1.165, 1.54) is 18.2 Å². The minimum Gasteiger partial charge on any atom is -0.326 e. The Bertz CT molecular complexity index is 1410. The molecule has 176 valence electrons. The first-order chi connectivity index (χ1) is 16.0. The Labute approximate surface area is 217 Å². The number of H-pyrrole nitrogens is 2. The first kappa shape index (κ1) is 24.8. The molecule has 1 aliphatic rings. The van der Waals surface area contributed by atoms with Crippen molar-refractivity contribution in [3.63, 3.8) is 0 Å². The average Bonchev–Trinajstić information content (AvgIpc) is 3.33. The van der Waals surface area contributed by atoms with Gasteiger partial charge in [-0.15, -0.1) is 23.2 Å². The highest BCUT2D eigenvalue weighted by atomic mass is 35.5. The SMILES string of the molecule is O=C(Cc1c[nH]c(=O)[nH]c1=O)c1cc(NC(=O)C2C(c3cc(Cl)cc(Cl)c3)C2(Cl)Cl)ccc1Cl. The number of carbonyl (C=O) groups is 2. The van der Waals surface area contributed by atoms with E-state index in [2.05, 4.69) is 10.3 Å². The second-order valence-corrected chi connectivity index (χ2v) is 10.4. The Kier molecular flexibility index (Phi) is 6.86. The van der Waals surface area contributed by atoms with Crippen LogP contribution in [0.1, 0.15) is 27.4 Å². The van der Waals surface area contributed by atoms with E-state index >= 15 is 0 Å². The van der Waals surface area contributed by atoms with Gasteiger partial charge in [-0.1, -0.05) is 34.8 Å². The number of alkyl halides is 2. The number of rotatable bonds is 6. The smallest absolute Gasteiger partial charge is 0.325 e. The predicted molar refractivity (Wildman–Crippen MR) is 133 cm³/mol. The number of Topliss-reactive ketones (excluding diaryl/α,β-unsaturated/α-hetero) is 1. The summed E-state index contributed by atoms with van der Waals surface area (Å²) in [5.74, 6) is -2.28. The first-order valence-corrected chi connectivity index (χ1v) is 11.6. The number of anilines is 1. The van der Waals surface area contributed by atoms with Gasteiger partial charge >= 0.3 is 5.69 Å². The van der Waals surface area contributed by atoms with Gasteiger partial charge in [-0.05, 0) is 42.0 Å². The van der Waals surface area contributed by atoms with Crippen LogP contribution in [0.5, 0.6) is 0 Å². The highest BCUT2D eigenvalue weighted by molar-refractivity contribution is 6.53. The number of hydrogen-bond donors (Lipinski definition) is 3. The molecule has 1 aromatic heterocycles. The summed E-state index contributed by atoms with van der Waals surface area (Å²) in [4.78, 5) is 53.1. The van der Waals surface area contributed by atoms with E-state index in [9.17, 15) is 19.2 Å². The second-order valence-electron chi connectivity index (χ2n) is 7.71. The van der Waals surface area contributed by atoms with Gasteiger partial charge in [0.15, 0.2) is 5.78 Å². The van der Waals surface area contributed by atoms with E-state index in [4.69, 9.17) is 58.0 Å². The zero-order chi connectivity index (χ0) is 24.8. The highest BCUT2D eigenvalue weighted by Crippen LogP contribution is 2.65. The second kappa shape index (κ2) is 9.40. The number of nitrogens with one attached hydrogen (secondary N) is 3. The van der Waals surface area contributed by atoms with Crippen molar-refractivity contribution >= 4 is 75.4 Å². The minimum atomic E-state index is -1.37. The molecule has 0 spiro atoms. The van der Waals surface area contributed by atoms with Crippen LogP contribution in [0.3, 0.4) is 0 Å². The Hall–Kier alpha value is -2.29. The number of halogens is 5. The average molecular weight is 562 g/mol. The first-order valence-electron chi connectivity index (χ1n) is 9.75. The molecule has 1 saturated carbocycles. The molecule has 2 unspecified atom stereocenters. The maximum atomic E-state index is 12.9. The fourth-order valence-corrected chi connectivity index (χ4v) is 5.29. The van der Waals surface area contributed by atoms with Crippen molar-refractivity contribution in [1.29, 1.82) is 0 Å². The van der Waals surface area contributed by atoms with Crippen LogP contribution in [-0.4, -0.2) is 26.0 Å². The molecular formula is C22H14Cl5N3O4. The van der Waals surface area contributed by atoms with E-state index in [0.717, 1.165) is 6.20 Å². The van der Waals surface area contributed by atoms with E-state index in [0.29, 0.717) is 15.6 Å². The molecule has 0 aliphatic heterocycles. The molecule has 2 atom stereocenters. The molecule has 34 heavy (non-hydrogen) atoms. The molecule has 3 aromatic rings. The standard InChI is InChI=1S/C22H14Cl5N3O4/c23-11-3-9(4-12(24)6-11)17-18(22(17,26)27)20(33)29-13-1-2-15(25)14(7-13)16(31)5-10-8-28-21(34)30-19(10)32/h1-4,6-8,17-18H,5H2,(H,29,33)(H2,28,30,32,34). The summed E-state index contributed by atoms with van der Waals surface area (Å²) in [7, 11) is 0. The summed E-state index contributed by atoms with van der Waals surface area (Å²) in [6.45, 7) is 0. The Morgan fingerprint density at radius 1 is 1.00 bits per heavy atom. The van der Waals surface area contributed by atoms with Crippen LogP contribution in [0, 0.1) is 5.92 Å². The highest BCUT2D eigenvalue weighted by Gasteiger charge is 2.67. The third-order valence-electron chi connectivity index (χ3n) is 5.36. The van der Waals surface area contributed by atoms with E-state index in [-0.39, 0.29) is 28.3 Å². The molecule has 1 fully saturated rings. The lowest BCUT2D eigenvalue weighted by Gasteiger charge is -2.09. The van der Waals surface area contributed by atoms with Crippen molar-refractivity contribution in [3.05, 3.63) is 95.2 Å². The van der Waals surface area contributed by atoms with Gasteiger partial charge in [0.1, 0.15) is 4.33 Å². The van der Waals surface area contributed by atoms with Crippen LogP contribution >= 0.6 is 58.0 Å². The van der Waals surface area contributed by atoms with Crippen LogP contribution in [0.15, 0.2) is 52.2 Å². The monoisotopic (exact) mass is 559 g/mol. The van der Waals surface area contributed by atoms with Crippen LogP contribution in [0.2, 0.25) is 15.1 Å². The molecule has 2 aromatic carbocycles. The van der Waals surface area contributed by atoms with Gasteiger partial charge in [-0.3, -0.25) is 19.4 Å². The van der Waals surface area contributed by atoms with Crippen molar-refractivity contribution in [2.24, 2.45) is 5.92 Å². The topological polar surface area (TPSA) is 112 Å². The zero-order valence-electron chi connectivity index (χ0n) is 16.9. The van der Waals surface area contributed by atoms with E-state index < -0.39 is 39.1 Å². The molecular weight excluding hydrogens is 548 g/mol. The minimum absolute atomic E-state index is 0.0603. The van der Waals surface area contributed by atoms with Crippen molar-refractivity contribution in [3.8, 4) is 0 Å². The fraction of sp³-hybridized carbons (Fsp3) is 0.182. The van der Waals surface area contributed by atoms with Crippen LogP contribution in [-0.2, 0) is 11.2 Å². The number of aromatic amines is 2. The molecule has 0 radical (unpaired) electrons. The van der Waals surface area contributed by atoms with E-state index in [1.54, 1.807) is 18.2 Å². The number of amides is 1. The third kappa shape index (κ3) is 5.04. The van der Waals surface area contributed by atoms with Gasteiger partial charge in [-0.2, -0.15) is 0 Å². The van der Waals surface area contributed by atoms with Gasteiger partial charge in [0.2, 0.25) is 5.91 Å². The lowest BCUT2D eigenvalue weighted by atomic mass is 10.0. The van der Waals surface area contributed by atoms with Gasteiger partial charge in [-0.25, -0.2) is 4.79 Å². The van der Waals surface area contributed by atoms with Gasteiger partial charge < -0.3 is 10.3 Å². The van der Waals surface area contributed by atoms with Crippen molar-refractivity contribution in [2.45, 2.75) is 16.7 Å². The van der Waals surface area contributed by atoms with Gasteiger partial charge in [0.25, 0.3) is 5.56 Å². The summed E-state index contributed by atoms with van der Waals surface area (Å²) in [5.41, 5.74) is -0.309. The molecule has 1 aliphatic carbocycles. The number of aromatic nitrogens is 2. The van der Waals surface area contributed by atoms with Crippen LogP contribution in [0.4, 0.5) is 5.69 Å². The lowest BCUT2D eigenvalue weighted by molar-refractivity contribution is -0.117. The molecule has 1 amide bonds. The van der Waals surface area contributed by atoms with Crippen molar-refractivity contribution < 1.29 is 9.59 Å². The van der Waals surface area contributed by atoms with Crippen LogP contribution in [0.25, 0.3) is 0 Å². The maximum Gasteiger partial charge on any atom is 0.325 e. The number of ketones is 1. The Morgan fingerprint density at radius 3 is 2.32 bits per heavy atom. The zero-order valence-corrected chi connectivity index (χ0v) is 20.7. The van der Waals surface area contributed by atoms with Crippen LogP contribution < -0.4 is 16.6 Å². The molecule has 0 saturated heterocycles. The van der Waals surface area contributed by atoms with Crippen molar-refractivity contribution in [1.82, 2.24) is 9.97 Å². The maximum absolute atomic E-state index is 12.9. The molecule has 3 N–H and O–H groups in total. The lowest BCUT2D eigenvalue weighted by Crippen LogP contribution is -2.26. The summed E-state index contributed by atoms with van der Waals surface area (Å²) in [6, 6.07) is 9.19. The predicted octanol–water partition coefficient (Wildman–Crippen LogP) is 4.97. The molecule has 12 heteroatoms. The summed E-state index contributed by atoms with van der Waals surface area (Å²) < 4.78 is -1.37. The summed E-state index contributed by atoms with van der Waals surface area (Å²) in [6.07, 6.45) is 0.852.